The first kappa shape index (κ1) is 24.3. The molecule has 31 heavy (non-hydrogen) atoms. The van der Waals surface area contributed by atoms with Gasteiger partial charge in [0.05, 0.1) is 31.6 Å². The van der Waals surface area contributed by atoms with E-state index in [0.29, 0.717) is 39.6 Å². The van der Waals surface area contributed by atoms with Crippen LogP contribution in [0.25, 0.3) is 12.2 Å². The lowest BCUT2D eigenvalue weighted by atomic mass is 9.77. The summed E-state index contributed by atoms with van der Waals surface area (Å²) >= 11 is 24.1. The molecule has 2 atom stereocenters. The fraction of sp³-hybridized carbons (Fsp3) is 0.292. The first-order chi connectivity index (χ1) is 14.7. The third-order valence-corrected chi connectivity index (χ3v) is 7.03. The van der Waals surface area contributed by atoms with Gasteiger partial charge in [-0.1, -0.05) is 83.7 Å². The minimum Gasteiger partial charge on any atom is -0.385 e. The summed E-state index contributed by atoms with van der Waals surface area (Å²) in [5.74, 6) is -0.746. The molecular formula is C24H23Cl4NO2. The highest BCUT2D eigenvalue weighted by molar-refractivity contribution is 6.42. The van der Waals surface area contributed by atoms with Gasteiger partial charge in [-0.25, -0.2) is 0 Å². The first-order valence-corrected chi connectivity index (χ1v) is 11.5. The van der Waals surface area contributed by atoms with Crippen molar-refractivity contribution in [3.8, 4) is 0 Å². The molecule has 0 radical (unpaired) electrons. The zero-order valence-corrected chi connectivity index (χ0v) is 20.0. The molecule has 3 rings (SSSR count). The van der Waals surface area contributed by atoms with E-state index in [2.05, 4.69) is 4.90 Å². The first-order valence-electron chi connectivity index (χ1n) is 9.98. The number of likely N-dealkylation sites (tertiary alicyclic amines) is 1. The van der Waals surface area contributed by atoms with Crippen LogP contribution in [-0.4, -0.2) is 41.0 Å². The average Bonchev–Trinajstić information content (AvgIpc) is 2.75. The average molecular weight is 499 g/mol. The molecule has 0 spiro atoms. The fourth-order valence-electron chi connectivity index (χ4n) is 3.61. The van der Waals surface area contributed by atoms with Crippen molar-refractivity contribution in [3.05, 3.63) is 79.8 Å². The zero-order chi connectivity index (χ0) is 22.6. The highest BCUT2D eigenvalue weighted by Crippen LogP contribution is 2.32. The second-order valence-corrected chi connectivity index (χ2v) is 9.23. The maximum atomic E-state index is 13.1. The van der Waals surface area contributed by atoms with Crippen LogP contribution in [0.2, 0.25) is 20.1 Å². The largest absolute Gasteiger partial charge is 0.385 e. The van der Waals surface area contributed by atoms with E-state index in [4.69, 9.17) is 46.4 Å². The number of ketones is 1. The van der Waals surface area contributed by atoms with Gasteiger partial charge in [0.1, 0.15) is 0 Å². The van der Waals surface area contributed by atoms with Gasteiger partial charge < -0.3 is 10.0 Å². The number of rotatable bonds is 6. The Kier molecular flexibility index (Phi) is 8.25. The summed E-state index contributed by atoms with van der Waals surface area (Å²) in [6.07, 6.45) is 7.14. The summed E-state index contributed by atoms with van der Waals surface area (Å²) in [6, 6.07) is 10.4. The van der Waals surface area contributed by atoms with Crippen molar-refractivity contribution in [3.63, 3.8) is 0 Å². The van der Waals surface area contributed by atoms with Gasteiger partial charge in [0.25, 0.3) is 0 Å². The van der Waals surface area contributed by atoms with Crippen molar-refractivity contribution < 1.29 is 9.90 Å². The molecule has 164 valence electrons. The molecular weight excluding hydrogens is 476 g/mol. The molecule has 0 saturated carbocycles. The van der Waals surface area contributed by atoms with Gasteiger partial charge in [0, 0.05) is 13.1 Å². The minimum absolute atomic E-state index is 0.148. The Balaban J connectivity index is 1.84. The van der Waals surface area contributed by atoms with E-state index in [1.54, 1.807) is 48.6 Å². The summed E-state index contributed by atoms with van der Waals surface area (Å²) < 4.78 is 0. The summed E-state index contributed by atoms with van der Waals surface area (Å²) in [7, 11) is 0. The molecule has 1 N–H and O–H groups in total. The number of carbonyl (C=O) groups excluding carboxylic acids is 1. The van der Waals surface area contributed by atoms with Gasteiger partial charge in [-0.2, -0.15) is 0 Å². The number of allylic oxidation sites excluding steroid dienone is 1. The van der Waals surface area contributed by atoms with Crippen molar-refractivity contribution in [1.82, 2.24) is 4.90 Å². The number of nitrogens with zero attached hydrogens (tertiary/aromatic N) is 1. The van der Waals surface area contributed by atoms with Crippen LogP contribution in [0.1, 0.15) is 24.5 Å². The van der Waals surface area contributed by atoms with Crippen LogP contribution in [-0.2, 0) is 4.79 Å². The zero-order valence-electron chi connectivity index (χ0n) is 17.0. The molecule has 1 heterocycles. The summed E-state index contributed by atoms with van der Waals surface area (Å²) in [5.41, 5.74) is 0.302. The normalized spacial score (nSPS) is 22.5. The van der Waals surface area contributed by atoms with Gasteiger partial charge in [-0.05, 0) is 54.4 Å². The van der Waals surface area contributed by atoms with E-state index in [0.717, 1.165) is 17.7 Å². The molecule has 1 aliphatic rings. The number of halogens is 4. The summed E-state index contributed by atoms with van der Waals surface area (Å²) in [6.45, 7) is 4.04. The van der Waals surface area contributed by atoms with Crippen LogP contribution >= 0.6 is 46.4 Å². The lowest BCUT2D eigenvalue weighted by Gasteiger charge is -2.41. The number of benzene rings is 2. The monoisotopic (exact) mass is 497 g/mol. The molecule has 1 aliphatic heterocycles. The summed E-state index contributed by atoms with van der Waals surface area (Å²) in [5, 5.41) is 13.2. The van der Waals surface area contributed by atoms with Gasteiger partial charge in [-0.15, -0.1) is 0 Å². The van der Waals surface area contributed by atoms with Gasteiger partial charge >= 0.3 is 0 Å². The van der Waals surface area contributed by atoms with Gasteiger partial charge in [-0.3, -0.25) is 4.79 Å². The second-order valence-electron chi connectivity index (χ2n) is 7.60. The van der Waals surface area contributed by atoms with E-state index in [1.807, 2.05) is 13.0 Å². The van der Waals surface area contributed by atoms with E-state index in [1.165, 1.54) is 6.08 Å². The second kappa shape index (κ2) is 10.5. The molecule has 1 saturated heterocycles. The molecule has 1 fully saturated rings. The van der Waals surface area contributed by atoms with Crippen LogP contribution in [0, 0.1) is 5.92 Å². The predicted molar refractivity (Wildman–Crippen MR) is 131 cm³/mol. The minimum atomic E-state index is -1.27. The molecule has 7 heteroatoms. The Labute approximate surface area is 202 Å². The number of hydrogen-bond acceptors (Lipinski definition) is 3. The topological polar surface area (TPSA) is 40.5 Å². The van der Waals surface area contributed by atoms with E-state index < -0.39 is 11.5 Å². The van der Waals surface area contributed by atoms with Crippen LogP contribution in [0.15, 0.2) is 48.6 Å². The Bertz CT molecular complexity index is 1020. The highest BCUT2D eigenvalue weighted by atomic mass is 35.5. The van der Waals surface area contributed by atoms with Crippen molar-refractivity contribution >= 4 is 64.3 Å². The van der Waals surface area contributed by atoms with Crippen LogP contribution < -0.4 is 0 Å². The number of hydrogen-bond donors (Lipinski definition) is 1. The number of piperidine rings is 1. The number of aliphatic hydroxyl groups is 1. The maximum absolute atomic E-state index is 13.1. The van der Waals surface area contributed by atoms with Crippen LogP contribution in [0.4, 0.5) is 0 Å². The third-order valence-electron chi connectivity index (χ3n) is 5.56. The molecule has 0 aromatic heterocycles. The Morgan fingerprint density at radius 3 is 2.16 bits per heavy atom. The van der Waals surface area contributed by atoms with Crippen molar-refractivity contribution in [2.75, 3.05) is 19.6 Å². The van der Waals surface area contributed by atoms with E-state index >= 15 is 0 Å². The molecule has 0 aliphatic carbocycles. The molecule has 3 nitrogen and oxygen atoms in total. The lowest BCUT2D eigenvalue weighted by molar-refractivity contribution is -0.129. The van der Waals surface area contributed by atoms with Gasteiger partial charge in [0.2, 0.25) is 0 Å². The van der Waals surface area contributed by atoms with Crippen LogP contribution in [0.3, 0.4) is 0 Å². The molecule has 2 unspecified atom stereocenters. The molecule has 2 aromatic rings. The Morgan fingerprint density at radius 2 is 1.61 bits per heavy atom. The lowest BCUT2D eigenvalue weighted by Crippen LogP contribution is -2.53. The van der Waals surface area contributed by atoms with Crippen molar-refractivity contribution in [2.45, 2.75) is 18.9 Å². The smallest absolute Gasteiger partial charge is 0.163 e. The van der Waals surface area contributed by atoms with Crippen LogP contribution in [0.5, 0.6) is 0 Å². The Hall–Kier alpha value is -1.33. The van der Waals surface area contributed by atoms with Crippen molar-refractivity contribution in [1.29, 1.82) is 0 Å². The van der Waals surface area contributed by atoms with Gasteiger partial charge in [0.15, 0.2) is 5.78 Å². The molecule has 0 bridgehead atoms. The number of carbonyl (C=O) groups is 1. The molecule has 0 amide bonds. The maximum Gasteiger partial charge on any atom is 0.163 e. The highest BCUT2D eigenvalue weighted by Gasteiger charge is 2.42. The SMILES string of the molecule is CCN1CCC(O)(/C=C/c2ccc(Cl)c(Cl)c2)C(C(=O)/C=C/c2ccc(Cl)c(Cl)c2)C1. The van der Waals surface area contributed by atoms with E-state index in [9.17, 15) is 9.90 Å². The standard InChI is InChI=1S/C24H23Cl4NO2/c1-2-29-12-11-24(31,10-9-17-4-7-20(26)22(28)14-17)18(15-29)23(30)8-5-16-3-6-19(25)21(27)13-16/h3-10,13-14,18,31H,2,11-12,15H2,1H3/b8-5+,10-9+. The fourth-order valence-corrected chi connectivity index (χ4v) is 4.22. The third kappa shape index (κ3) is 6.13. The summed E-state index contributed by atoms with van der Waals surface area (Å²) in [4.78, 5) is 15.3. The predicted octanol–water partition coefficient (Wildman–Crippen LogP) is 6.67. The van der Waals surface area contributed by atoms with Crippen molar-refractivity contribution in [2.24, 2.45) is 5.92 Å². The Morgan fingerprint density at radius 1 is 1.03 bits per heavy atom. The quantitative estimate of drug-likeness (QED) is 0.452. The molecule has 2 aromatic carbocycles. The van der Waals surface area contributed by atoms with E-state index in [-0.39, 0.29) is 5.78 Å².